The second-order valence-corrected chi connectivity index (χ2v) is 8.52. The van der Waals surface area contributed by atoms with Crippen molar-refractivity contribution < 1.29 is 23.5 Å². The largest absolute Gasteiger partial charge is 0.497 e. The Kier molecular flexibility index (Phi) is 7.57. The van der Waals surface area contributed by atoms with Crippen molar-refractivity contribution in [2.24, 2.45) is 5.10 Å². The number of methoxy groups -OCH3 is 1. The van der Waals surface area contributed by atoms with Gasteiger partial charge in [0.15, 0.2) is 0 Å². The molecule has 2 aliphatic heterocycles. The van der Waals surface area contributed by atoms with Gasteiger partial charge < -0.3 is 9.47 Å². The fraction of sp³-hybridized carbons (Fsp3) is 0.423. The predicted molar refractivity (Wildman–Crippen MR) is 126 cm³/mol. The van der Waals surface area contributed by atoms with Gasteiger partial charge in [0.05, 0.1) is 32.0 Å². The molecule has 0 bridgehead atoms. The normalized spacial score (nSPS) is 20.7. The average Bonchev–Trinajstić information content (AvgIpc) is 3.31. The third-order valence-electron chi connectivity index (χ3n) is 6.33. The molecule has 1 amide bonds. The summed E-state index contributed by atoms with van der Waals surface area (Å²) in [5.74, 6) is -0.122. The first-order chi connectivity index (χ1) is 16.5. The van der Waals surface area contributed by atoms with Gasteiger partial charge in [0.1, 0.15) is 17.6 Å². The maximum absolute atomic E-state index is 13.6. The minimum Gasteiger partial charge on any atom is -0.497 e. The molecule has 0 spiro atoms. The van der Waals surface area contributed by atoms with E-state index in [1.54, 1.807) is 26.2 Å². The van der Waals surface area contributed by atoms with E-state index in [2.05, 4.69) is 0 Å². The molecular weight excluding hydrogens is 437 g/mol. The summed E-state index contributed by atoms with van der Waals surface area (Å²) >= 11 is 0. The van der Waals surface area contributed by atoms with Crippen LogP contribution in [0.25, 0.3) is 0 Å². The highest BCUT2D eigenvalue weighted by Gasteiger charge is 2.37. The lowest BCUT2D eigenvalue weighted by atomic mass is 9.98. The van der Waals surface area contributed by atoms with Gasteiger partial charge in [-0.15, -0.1) is 0 Å². The van der Waals surface area contributed by atoms with Gasteiger partial charge in [-0.1, -0.05) is 30.7 Å². The van der Waals surface area contributed by atoms with Gasteiger partial charge in [0.2, 0.25) is 0 Å². The van der Waals surface area contributed by atoms with Gasteiger partial charge in [-0.2, -0.15) is 5.10 Å². The molecule has 4 rings (SSSR count). The molecule has 0 N–H and O–H groups in total. The summed E-state index contributed by atoms with van der Waals surface area (Å²) in [5, 5.41) is 6.18. The Hall–Kier alpha value is -3.26. The van der Waals surface area contributed by atoms with Gasteiger partial charge in [-0.25, -0.2) is 9.40 Å². The number of piperidine rings is 1. The molecule has 2 aliphatic rings. The Morgan fingerprint density at radius 3 is 2.68 bits per heavy atom. The number of nitrogens with zero attached hydrogens (tertiary/aromatic N) is 3. The second kappa shape index (κ2) is 10.8. The minimum atomic E-state index is -0.425. The SMILES string of the molecule is CCOC(=O)[C@H]1CCCCN1CC(=O)N1N=C(c2cccc(OC)c2)C[C@@H]1c1ccc(F)cc1. The summed E-state index contributed by atoms with van der Waals surface area (Å²) in [7, 11) is 1.60. The fourth-order valence-corrected chi connectivity index (χ4v) is 4.59. The van der Waals surface area contributed by atoms with E-state index in [1.165, 1.54) is 17.1 Å². The van der Waals surface area contributed by atoms with Crippen LogP contribution in [-0.4, -0.2) is 60.3 Å². The Morgan fingerprint density at radius 1 is 1.15 bits per heavy atom. The van der Waals surface area contributed by atoms with Gasteiger partial charge in [-0.3, -0.25) is 14.5 Å². The molecule has 2 heterocycles. The van der Waals surface area contributed by atoms with Gasteiger partial charge in [0.25, 0.3) is 5.91 Å². The van der Waals surface area contributed by atoms with E-state index < -0.39 is 6.04 Å². The topological polar surface area (TPSA) is 71.4 Å². The Morgan fingerprint density at radius 2 is 1.94 bits per heavy atom. The number of halogens is 1. The maximum atomic E-state index is 13.6. The Balaban J connectivity index is 1.60. The molecule has 1 fully saturated rings. The zero-order valence-corrected chi connectivity index (χ0v) is 19.6. The Bertz CT molecular complexity index is 1060. The number of carbonyl (C=O) groups excluding carboxylic acids is 2. The van der Waals surface area contributed by atoms with E-state index >= 15 is 0 Å². The van der Waals surface area contributed by atoms with Crippen LogP contribution in [0.4, 0.5) is 4.39 Å². The molecule has 1 saturated heterocycles. The van der Waals surface area contributed by atoms with E-state index in [-0.39, 0.29) is 30.3 Å². The standard InChI is InChI=1S/C26H30FN3O4/c1-3-34-26(32)23-9-4-5-14-29(23)17-25(31)30-24(18-10-12-20(27)13-11-18)16-22(28-30)19-7-6-8-21(15-19)33-2/h6-8,10-13,15,23-24H,3-5,9,14,16-17H2,1-2H3/t23-,24-/m1/s1. The molecule has 0 aliphatic carbocycles. The molecule has 0 aromatic heterocycles. The highest BCUT2D eigenvalue weighted by molar-refractivity contribution is 6.03. The highest BCUT2D eigenvalue weighted by atomic mass is 19.1. The van der Waals surface area contributed by atoms with Gasteiger partial charge in [-0.05, 0) is 56.1 Å². The first-order valence-electron chi connectivity index (χ1n) is 11.7. The van der Waals surface area contributed by atoms with Crippen molar-refractivity contribution in [2.45, 2.75) is 44.7 Å². The fourth-order valence-electron chi connectivity index (χ4n) is 4.59. The van der Waals surface area contributed by atoms with Crippen LogP contribution in [0.3, 0.4) is 0 Å². The summed E-state index contributed by atoms with van der Waals surface area (Å²) in [5.41, 5.74) is 2.42. The van der Waals surface area contributed by atoms with E-state index in [4.69, 9.17) is 14.6 Å². The van der Waals surface area contributed by atoms with Crippen molar-refractivity contribution in [1.82, 2.24) is 9.91 Å². The molecule has 7 nitrogen and oxygen atoms in total. The van der Waals surface area contributed by atoms with Crippen molar-refractivity contribution in [3.05, 3.63) is 65.5 Å². The number of esters is 1. The Labute approximate surface area is 199 Å². The first-order valence-corrected chi connectivity index (χ1v) is 11.7. The lowest BCUT2D eigenvalue weighted by Crippen LogP contribution is -2.49. The molecule has 8 heteroatoms. The number of likely N-dealkylation sites (tertiary alicyclic amines) is 1. The zero-order valence-electron chi connectivity index (χ0n) is 19.6. The van der Waals surface area contributed by atoms with E-state index in [0.29, 0.717) is 31.7 Å². The van der Waals surface area contributed by atoms with Crippen LogP contribution in [0.5, 0.6) is 5.75 Å². The molecule has 34 heavy (non-hydrogen) atoms. The third kappa shape index (κ3) is 5.28. The summed E-state index contributed by atoms with van der Waals surface area (Å²) in [4.78, 5) is 27.9. The minimum absolute atomic E-state index is 0.0655. The van der Waals surface area contributed by atoms with Gasteiger partial charge in [0, 0.05) is 12.0 Å². The first kappa shape index (κ1) is 23.9. The van der Waals surface area contributed by atoms with Crippen LogP contribution < -0.4 is 4.74 Å². The lowest BCUT2D eigenvalue weighted by Gasteiger charge is -2.34. The van der Waals surface area contributed by atoms with Crippen LogP contribution in [-0.2, 0) is 14.3 Å². The van der Waals surface area contributed by atoms with Crippen LogP contribution in [0.1, 0.15) is 49.8 Å². The number of hydrazone groups is 1. The summed E-state index contributed by atoms with van der Waals surface area (Å²) < 4.78 is 24.1. The van der Waals surface area contributed by atoms with Crippen LogP contribution in [0.15, 0.2) is 53.6 Å². The molecule has 2 aromatic rings. The number of carbonyl (C=O) groups is 2. The molecular formula is C26H30FN3O4. The summed E-state index contributed by atoms with van der Waals surface area (Å²) in [6, 6.07) is 12.9. The van der Waals surface area contributed by atoms with Gasteiger partial charge >= 0.3 is 5.97 Å². The number of rotatable bonds is 7. The lowest BCUT2D eigenvalue weighted by molar-refractivity contribution is -0.152. The highest BCUT2D eigenvalue weighted by Crippen LogP contribution is 2.34. The predicted octanol–water partition coefficient (Wildman–Crippen LogP) is 3.93. The van der Waals surface area contributed by atoms with Crippen molar-refractivity contribution in [3.63, 3.8) is 0 Å². The van der Waals surface area contributed by atoms with E-state index in [9.17, 15) is 14.0 Å². The van der Waals surface area contributed by atoms with Crippen LogP contribution in [0.2, 0.25) is 0 Å². The number of ether oxygens (including phenoxy) is 2. The van der Waals surface area contributed by atoms with Crippen molar-refractivity contribution in [2.75, 3.05) is 26.8 Å². The van der Waals surface area contributed by atoms with Crippen molar-refractivity contribution >= 4 is 17.6 Å². The number of hydrogen-bond donors (Lipinski definition) is 0. The molecule has 2 atom stereocenters. The quantitative estimate of drug-likeness (QED) is 0.577. The molecule has 0 radical (unpaired) electrons. The molecule has 2 aromatic carbocycles. The van der Waals surface area contributed by atoms with Crippen LogP contribution in [0, 0.1) is 5.82 Å². The zero-order chi connectivity index (χ0) is 24.1. The summed E-state index contributed by atoms with van der Waals surface area (Å²) in [6.07, 6.45) is 3.01. The average molecular weight is 468 g/mol. The van der Waals surface area contributed by atoms with E-state index in [0.717, 1.165) is 29.7 Å². The third-order valence-corrected chi connectivity index (χ3v) is 6.33. The number of benzene rings is 2. The number of amides is 1. The maximum Gasteiger partial charge on any atom is 0.323 e. The smallest absolute Gasteiger partial charge is 0.323 e. The molecule has 0 saturated carbocycles. The van der Waals surface area contributed by atoms with Crippen molar-refractivity contribution in [3.8, 4) is 5.75 Å². The molecule has 180 valence electrons. The van der Waals surface area contributed by atoms with E-state index in [1.807, 2.05) is 29.2 Å². The monoisotopic (exact) mass is 467 g/mol. The number of hydrogen-bond acceptors (Lipinski definition) is 6. The molecule has 0 unspecified atom stereocenters. The van der Waals surface area contributed by atoms with Crippen molar-refractivity contribution in [1.29, 1.82) is 0 Å². The van der Waals surface area contributed by atoms with Crippen LogP contribution >= 0.6 is 0 Å². The summed E-state index contributed by atoms with van der Waals surface area (Å²) in [6.45, 7) is 2.80. The second-order valence-electron chi connectivity index (χ2n) is 8.52.